The number of piperidine rings is 3. The summed E-state index contributed by atoms with van der Waals surface area (Å²) in [5.74, 6) is -8.15. The van der Waals surface area contributed by atoms with Gasteiger partial charge in [-0.05, 0) is 76.2 Å². The fourth-order valence-electron chi connectivity index (χ4n) is 12.2. The average Bonchev–Trinajstić information content (AvgIpc) is 1.70. The second-order valence-corrected chi connectivity index (χ2v) is 31.3. The molecule has 0 radical (unpaired) electrons. The van der Waals surface area contributed by atoms with Crippen molar-refractivity contribution in [3.63, 3.8) is 0 Å². The normalized spacial score (nSPS) is 21.6. The Morgan fingerprint density at radius 3 is 1.00 bits per heavy atom. The fraction of sp³-hybridized carbons (Fsp3) is 0.400. The quantitative estimate of drug-likeness (QED) is 0.0541. The molecule has 0 aliphatic carbocycles. The molecule has 3 fully saturated rings. The number of guanidine groups is 1. The summed E-state index contributed by atoms with van der Waals surface area (Å²) in [5.41, 5.74) is 8.09. The number of nitrogens with zero attached hydrogens (tertiary/aromatic N) is 13. The lowest BCUT2D eigenvalue weighted by atomic mass is 9.90. The number of amidine groups is 2. The highest BCUT2D eigenvalue weighted by molar-refractivity contribution is 7.88. The van der Waals surface area contributed by atoms with E-state index in [-0.39, 0.29) is 68.8 Å². The molecule has 3 saturated heterocycles. The minimum absolute atomic E-state index is 0.0965. The van der Waals surface area contributed by atoms with Crippen molar-refractivity contribution in [2.45, 2.75) is 107 Å². The average molecular weight is 1510 g/mol. The smallest absolute Gasteiger partial charge is 0.325 e. The minimum atomic E-state index is -4.17. The molecule has 0 bridgehead atoms. The maximum atomic E-state index is 13.5. The molecule has 0 N–H and O–H groups in total. The molecule has 6 aliphatic rings. The van der Waals surface area contributed by atoms with Crippen LogP contribution in [0.1, 0.15) is 123 Å². The van der Waals surface area contributed by atoms with Gasteiger partial charge in [0.05, 0.1) is 36.8 Å². The van der Waals surface area contributed by atoms with Crippen LogP contribution >= 0.6 is 34.8 Å². The molecule has 101 heavy (non-hydrogen) atoms. The SMILES string of the molecule is CCC(=NS(=O)(=O)N1CCC(F)(F)CC1)N1C[C@H](c2ccccc2)C(c2ccc(Cl)cc2)=N1.CCCC(=NS(=O)(=O)N1CCC(F)(F)CC1)N1CC(c2ccccc2)C(c2ccc(Cl)cc2)=N1.CN(C)C(=NS(=O)(=O)N1CCC(F)(F)CC1)N1CC(c2ccccc2)C(c2ccc(Cl)cc2)=N1. The first-order valence-electron chi connectivity index (χ1n) is 33.0. The van der Waals surface area contributed by atoms with E-state index in [0.29, 0.717) is 59.8 Å². The minimum Gasteiger partial charge on any atom is -0.347 e. The molecule has 540 valence electrons. The molecular weight excluding hydrogens is 1440 g/mol. The van der Waals surface area contributed by atoms with Gasteiger partial charge in [0.25, 0.3) is 17.8 Å². The third kappa shape index (κ3) is 19.7. The van der Waals surface area contributed by atoms with Crippen LogP contribution in [-0.2, 0) is 30.6 Å². The van der Waals surface area contributed by atoms with E-state index in [2.05, 4.69) is 13.2 Å². The summed E-state index contributed by atoms with van der Waals surface area (Å²) in [6, 6.07) is 51.5. The van der Waals surface area contributed by atoms with Crippen LogP contribution in [0, 0.1) is 0 Å². The Kier molecular flexibility index (Phi) is 24.6. The van der Waals surface area contributed by atoms with Crippen LogP contribution in [-0.4, -0.2) is 184 Å². The van der Waals surface area contributed by atoms with Crippen molar-refractivity contribution < 1.29 is 51.6 Å². The molecule has 6 heterocycles. The van der Waals surface area contributed by atoms with Crippen molar-refractivity contribution >= 4 is 100 Å². The second-order valence-electron chi connectivity index (χ2n) is 25.2. The Bertz CT molecular complexity index is 4370. The molecule has 31 heteroatoms. The maximum Gasteiger partial charge on any atom is 0.325 e. The lowest BCUT2D eigenvalue weighted by Gasteiger charge is -2.30. The van der Waals surface area contributed by atoms with Crippen LogP contribution in [0.25, 0.3) is 0 Å². The number of hydrazone groups is 3. The van der Waals surface area contributed by atoms with Crippen molar-refractivity contribution in [3.8, 4) is 0 Å². The van der Waals surface area contributed by atoms with Crippen LogP contribution in [0.15, 0.2) is 192 Å². The third-order valence-corrected chi connectivity index (χ3v) is 22.8. The summed E-state index contributed by atoms with van der Waals surface area (Å²) in [4.78, 5) is 1.56. The van der Waals surface area contributed by atoms with Gasteiger partial charge in [-0.25, -0.2) is 41.4 Å². The highest BCUT2D eigenvalue weighted by Gasteiger charge is 2.43. The Balaban J connectivity index is 0.000000163. The molecule has 6 aromatic carbocycles. The van der Waals surface area contributed by atoms with Crippen molar-refractivity contribution in [2.75, 3.05) is 73.0 Å². The molecule has 3 atom stereocenters. The Morgan fingerprint density at radius 2 is 0.703 bits per heavy atom. The molecular formula is C70H78Cl3F6N13O6S3. The van der Waals surface area contributed by atoms with Crippen LogP contribution in [0.5, 0.6) is 0 Å². The van der Waals surface area contributed by atoms with Gasteiger partial charge in [-0.3, -0.25) is 0 Å². The largest absolute Gasteiger partial charge is 0.347 e. The van der Waals surface area contributed by atoms with Gasteiger partial charge in [-0.2, -0.15) is 53.5 Å². The fourth-order valence-corrected chi connectivity index (χ4v) is 16.3. The number of rotatable bonds is 15. The van der Waals surface area contributed by atoms with E-state index < -0.39 is 86.9 Å². The number of alkyl halides is 6. The van der Waals surface area contributed by atoms with Gasteiger partial charge in [0.1, 0.15) is 11.7 Å². The van der Waals surface area contributed by atoms with Gasteiger partial charge in [-0.1, -0.05) is 176 Å². The van der Waals surface area contributed by atoms with E-state index >= 15 is 0 Å². The predicted molar refractivity (Wildman–Crippen MR) is 387 cm³/mol. The van der Waals surface area contributed by atoms with Gasteiger partial charge in [0, 0.05) is 138 Å². The number of benzene rings is 6. The van der Waals surface area contributed by atoms with Gasteiger partial charge in [0.2, 0.25) is 5.96 Å². The summed E-state index contributed by atoms with van der Waals surface area (Å²) < 4.78 is 174. The van der Waals surface area contributed by atoms with Crippen LogP contribution in [0.3, 0.4) is 0 Å². The van der Waals surface area contributed by atoms with E-state index in [4.69, 9.17) is 50.1 Å². The summed E-state index contributed by atoms with van der Waals surface area (Å²) in [5, 5.41) is 20.9. The van der Waals surface area contributed by atoms with Gasteiger partial charge < -0.3 is 4.90 Å². The van der Waals surface area contributed by atoms with Crippen molar-refractivity contribution in [1.82, 2.24) is 32.8 Å². The van der Waals surface area contributed by atoms with Gasteiger partial charge in [0.15, 0.2) is 0 Å². The summed E-state index contributed by atoms with van der Waals surface area (Å²) in [6.07, 6.45) is -1.65. The van der Waals surface area contributed by atoms with E-state index in [1.807, 2.05) is 134 Å². The highest BCUT2D eigenvalue weighted by atomic mass is 35.5. The molecule has 0 aromatic heterocycles. The first-order valence-corrected chi connectivity index (χ1v) is 38.3. The zero-order valence-corrected chi connectivity index (χ0v) is 60.7. The Hall–Kier alpha value is -7.28. The second kappa shape index (κ2) is 32.6. The zero-order chi connectivity index (χ0) is 72.5. The summed E-state index contributed by atoms with van der Waals surface area (Å²) in [7, 11) is -9.02. The monoisotopic (exact) mass is 1510 g/mol. The molecule has 0 amide bonds. The van der Waals surface area contributed by atoms with Crippen molar-refractivity contribution in [1.29, 1.82) is 0 Å². The zero-order valence-electron chi connectivity index (χ0n) is 55.9. The van der Waals surface area contributed by atoms with Crippen molar-refractivity contribution in [3.05, 3.63) is 212 Å². The Morgan fingerprint density at radius 1 is 0.426 bits per heavy atom. The molecule has 6 aromatic rings. The van der Waals surface area contributed by atoms with Gasteiger partial charge >= 0.3 is 30.6 Å². The molecule has 2 unspecified atom stereocenters. The first kappa shape index (κ1) is 76.4. The molecule has 19 nitrogen and oxygen atoms in total. The third-order valence-electron chi connectivity index (χ3n) is 17.8. The predicted octanol–water partition coefficient (Wildman–Crippen LogP) is 14.3. The van der Waals surface area contributed by atoms with E-state index in [1.165, 1.54) is 0 Å². The number of halogens is 9. The lowest BCUT2D eigenvalue weighted by molar-refractivity contribution is -0.0419. The van der Waals surface area contributed by atoms with Crippen LogP contribution in [0.2, 0.25) is 15.1 Å². The molecule has 0 saturated carbocycles. The summed E-state index contributed by atoms with van der Waals surface area (Å²) >= 11 is 18.2. The lowest BCUT2D eigenvalue weighted by Crippen LogP contribution is -2.44. The molecule has 6 aliphatic heterocycles. The first-order chi connectivity index (χ1) is 47.9. The van der Waals surface area contributed by atoms with Crippen LogP contribution < -0.4 is 0 Å². The molecule has 0 spiro atoms. The summed E-state index contributed by atoms with van der Waals surface area (Å²) in [6.45, 7) is 3.40. The standard InChI is InChI=1S/C24H27ClF2N4O2S.C23H26ClF2N5O2S.C23H25ClF2N4O2S/c1-2-6-22(29-34(32,33)30-15-13-24(26,27)14-16-30)31-17-21(18-7-4-3-5-8-18)23(28-31)19-9-11-20(25)12-10-19;1-29(2)22(28-34(32,33)30-14-12-23(25,26)13-15-30)31-16-20(17-6-4-3-5-7-17)21(27-31)18-8-10-19(24)11-9-18;1-2-21(28-33(31,32)29-14-12-23(25,26)13-15-29)30-16-20(17-6-4-3-5-7-17)22(27-30)18-8-10-19(24)11-9-18/h3-5,7-12,21H,2,6,13-17H2,1H3;3-11,20H,12-16H2,1-2H3;3-11,20H,2,12-16H2,1H3/t;;20-/m..1/s1. The van der Waals surface area contributed by atoms with Crippen molar-refractivity contribution in [2.24, 2.45) is 28.5 Å². The number of hydrogen-bond donors (Lipinski definition) is 0. The van der Waals surface area contributed by atoms with E-state index in [1.54, 1.807) is 77.3 Å². The van der Waals surface area contributed by atoms with E-state index in [0.717, 1.165) is 63.4 Å². The van der Waals surface area contributed by atoms with E-state index in [9.17, 15) is 51.6 Å². The van der Waals surface area contributed by atoms with Crippen LogP contribution in [0.4, 0.5) is 26.3 Å². The maximum absolute atomic E-state index is 13.5. The molecule has 12 rings (SSSR count). The van der Waals surface area contributed by atoms with Gasteiger partial charge in [-0.15, -0.1) is 13.2 Å². The number of hydrogen-bond acceptors (Lipinski definition) is 9. The topological polar surface area (TPSA) is 199 Å². The highest BCUT2D eigenvalue weighted by Crippen LogP contribution is 2.37. The Labute approximate surface area is 601 Å².